The first-order valence-electron chi connectivity index (χ1n) is 4.80. The van der Waals surface area contributed by atoms with E-state index < -0.39 is 17.5 Å². The number of ether oxygens (including phenoxy) is 1. The van der Waals surface area contributed by atoms with Crippen molar-refractivity contribution in [2.24, 2.45) is 0 Å². The highest BCUT2D eigenvalue weighted by molar-refractivity contribution is 5.68. The number of carbonyl (C=O) groups is 1. The number of benzene rings is 1. The largest absolute Gasteiger partial charge is 0.482 e. The lowest BCUT2D eigenvalue weighted by Gasteiger charge is -2.03. The van der Waals surface area contributed by atoms with Crippen LogP contribution in [0, 0.1) is 10.1 Å². The second-order valence-electron chi connectivity index (χ2n) is 3.14. The number of hydrogen-bond donors (Lipinski definition) is 1. The number of carboxylic acids is 1. The van der Waals surface area contributed by atoms with Crippen molar-refractivity contribution in [3.05, 3.63) is 46.0 Å². The van der Waals surface area contributed by atoms with Crippen LogP contribution in [0.15, 0.2) is 30.3 Å². The van der Waals surface area contributed by atoms with Crippen LogP contribution in [-0.2, 0) is 4.79 Å². The number of rotatable bonds is 5. The molecular weight excluding hydrogens is 226 g/mol. The molecule has 0 amide bonds. The van der Waals surface area contributed by atoms with E-state index in [0.717, 1.165) is 0 Å². The Kier molecular flexibility index (Phi) is 4.21. The average molecular weight is 237 g/mol. The predicted octanol–water partition coefficient (Wildman–Crippen LogP) is 1.79. The van der Waals surface area contributed by atoms with Crippen LogP contribution < -0.4 is 4.74 Å². The first-order chi connectivity index (χ1) is 8.04. The topological polar surface area (TPSA) is 89.7 Å². The van der Waals surface area contributed by atoms with Crippen molar-refractivity contribution in [2.45, 2.75) is 6.92 Å². The molecule has 0 aliphatic heterocycles. The van der Waals surface area contributed by atoms with Gasteiger partial charge in [-0.3, -0.25) is 10.1 Å². The van der Waals surface area contributed by atoms with Crippen LogP contribution in [0.3, 0.4) is 0 Å². The molecule has 6 nitrogen and oxygen atoms in total. The Balaban J connectivity index is 2.80. The molecule has 0 aliphatic rings. The molecule has 0 aromatic heterocycles. The van der Waals surface area contributed by atoms with Crippen LogP contribution in [0.1, 0.15) is 12.5 Å². The number of hydrogen-bond acceptors (Lipinski definition) is 4. The van der Waals surface area contributed by atoms with Crippen LogP contribution in [0.5, 0.6) is 5.75 Å². The number of carboxylic acid groups (broad SMARTS) is 1. The van der Waals surface area contributed by atoms with E-state index in [1.807, 2.05) is 0 Å². The van der Waals surface area contributed by atoms with Crippen molar-refractivity contribution in [3.8, 4) is 5.75 Å². The molecule has 0 radical (unpaired) electrons. The van der Waals surface area contributed by atoms with Crippen molar-refractivity contribution in [1.82, 2.24) is 0 Å². The van der Waals surface area contributed by atoms with Crippen LogP contribution in [0.4, 0.5) is 0 Å². The van der Waals surface area contributed by atoms with Crippen LogP contribution in [-0.4, -0.2) is 22.6 Å². The predicted molar refractivity (Wildman–Crippen MR) is 60.2 cm³/mol. The summed E-state index contributed by atoms with van der Waals surface area (Å²) >= 11 is 0. The Hall–Kier alpha value is -2.37. The van der Waals surface area contributed by atoms with Gasteiger partial charge < -0.3 is 9.84 Å². The fourth-order valence-electron chi connectivity index (χ4n) is 1.24. The van der Waals surface area contributed by atoms with Gasteiger partial charge >= 0.3 is 5.97 Å². The van der Waals surface area contributed by atoms with Gasteiger partial charge in [-0.05, 0) is 37.3 Å². The van der Waals surface area contributed by atoms with Crippen LogP contribution in [0.2, 0.25) is 0 Å². The maximum Gasteiger partial charge on any atom is 0.341 e. The Labute approximate surface area is 97.3 Å². The first kappa shape index (κ1) is 12.7. The van der Waals surface area contributed by atoms with E-state index in [9.17, 15) is 14.9 Å². The van der Waals surface area contributed by atoms with Gasteiger partial charge in [0.1, 0.15) is 5.75 Å². The fourth-order valence-corrected chi connectivity index (χ4v) is 1.24. The van der Waals surface area contributed by atoms with Crippen molar-refractivity contribution >= 4 is 11.7 Å². The Morgan fingerprint density at radius 3 is 2.47 bits per heavy atom. The summed E-state index contributed by atoms with van der Waals surface area (Å²) in [6.07, 6.45) is 1.40. The summed E-state index contributed by atoms with van der Waals surface area (Å²) in [7, 11) is 0. The third-order valence-electron chi connectivity index (χ3n) is 1.98. The summed E-state index contributed by atoms with van der Waals surface area (Å²) in [5.41, 5.74) is 0.440. The summed E-state index contributed by atoms with van der Waals surface area (Å²) < 4.78 is 4.91. The normalized spacial score (nSPS) is 11.0. The SMILES string of the molecule is C/C=C(\c1ccc(OCC(=O)O)cc1)[N+](=O)[O-]. The molecule has 1 aromatic rings. The Morgan fingerprint density at radius 1 is 1.47 bits per heavy atom. The molecule has 1 rings (SSSR count). The van der Waals surface area contributed by atoms with Gasteiger partial charge in [0.25, 0.3) is 5.70 Å². The minimum absolute atomic E-state index is 0.00483. The molecule has 6 heteroatoms. The summed E-state index contributed by atoms with van der Waals surface area (Å²) in [5, 5.41) is 19.1. The molecule has 90 valence electrons. The van der Waals surface area contributed by atoms with Crippen LogP contribution in [0.25, 0.3) is 5.70 Å². The van der Waals surface area contributed by atoms with Crippen molar-refractivity contribution < 1.29 is 19.6 Å². The number of allylic oxidation sites excluding steroid dienone is 1. The number of aliphatic carboxylic acids is 1. The molecule has 0 spiro atoms. The number of nitro groups is 1. The summed E-state index contributed by atoms with van der Waals surface area (Å²) in [6.45, 7) is 1.14. The van der Waals surface area contributed by atoms with Crippen molar-refractivity contribution in [2.75, 3.05) is 6.61 Å². The van der Waals surface area contributed by atoms with E-state index in [-0.39, 0.29) is 5.70 Å². The smallest absolute Gasteiger partial charge is 0.341 e. The van der Waals surface area contributed by atoms with E-state index in [4.69, 9.17) is 9.84 Å². The van der Waals surface area contributed by atoms with E-state index in [0.29, 0.717) is 11.3 Å². The second-order valence-corrected chi connectivity index (χ2v) is 3.14. The van der Waals surface area contributed by atoms with E-state index in [1.165, 1.54) is 30.3 Å². The van der Waals surface area contributed by atoms with Gasteiger partial charge in [-0.1, -0.05) is 0 Å². The third-order valence-corrected chi connectivity index (χ3v) is 1.98. The van der Waals surface area contributed by atoms with Gasteiger partial charge in [-0.25, -0.2) is 4.79 Å². The molecule has 1 N–H and O–H groups in total. The average Bonchev–Trinajstić information content (AvgIpc) is 2.28. The van der Waals surface area contributed by atoms with E-state index in [1.54, 1.807) is 6.92 Å². The fraction of sp³-hybridized carbons (Fsp3) is 0.182. The van der Waals surface area contributed by atoms with Crippen molar-refractivity contribution in [1.29, 1.82) is 0 Å². The molecule has 0 heterocycles. The Bertz CT molecular complexity index is 449. The Morgan fingerprint density at radius 2 is 2.06 bits per heavy atom. The zero-order valence-electron chi connectivity index (χ0n) is 9.12. The molecular formula is C11H11NO5. The van der Waals surface area contributed by atoms with Gasteiger partial charge in [0, 0.05) is 0 Å². The van der Waals surface area contributed by atoms with Crippen molar-refractivity contribution in [3.63, 3.8) is 0 Å². The molecule has 0 bridgehead atoms. The molecule has 0 unspecified atom stereocenters. The van der Waals surface area contributed by atoms with E-state index >= 15 is 0 Å². The highest BCUT2D eigenvalue weighted by Crippen LogP contribution is 2.19. The molecule has 0 atom stereocenters. The molecule has 1 aromatic carbocycles. The highest BCUT2D eigenvalue weighted by atomic mass is 16.6. The minimum Gasteiger partial charge on any atom is -0.482 e. The highest BCUT2D eigenvalue weighted by Gasteiger charge is 2.12. The first-order valence-corrected chi connectivity index (χ1v) is 4.80. The van der Waals surface area contributed by atoms with Gasteiger partial charge in [-0.15, -0.1) is 0 Å². The van der Waals surface area contributed by atoms with Gasteiger partial charge in [0.05, 0.1) is 10.5 Å². The minimum atomic E-state index is -1.08. The molecule has 0 saturated carbocycles. The van der Waals surface area contributed by atoms with Gasteiger partial charge in [0.2, 0.25) is 0 Å². The molecule has 0 aliphatic carbocycles. The maximum absolute atomic E-state index is 10.7. The molecule has 0 fully saturated rings. The second kappa shape index (κ2) is 5.64. The van der Waals surface area contributed by atoms with Gasteiger partial charge in [-0.2, -0.15) is 0 Å². The zero-order valence-corrected chi connectivity index (χ0v) is 9.12. The lowest BCUT2D eigenvalue weighted by molar-refractivity contribution is -0.375. The quantitative estimate of drug-likeness (QED) is 0.622. The lowest BCUT2D eigenvalue weighted by atomic mass is 10.1. The standard InChI is InChI=1S/C11H11NO5/c1-2-10(12(15)16)8-3-5-9(6-4-8)17-7-11(13)14/h2-6H,7H2,1H3,(H,13,14)/b10-2+. The summed E-state index contributed by atoms with van der Waals surface area (Å²) in [5.74, 6) is -0.719. The summed E-state index contributed by atoms with van der Waals surface area (Å²) in [6, 6.07) is 6.00. The van der Waals surface area contributed by atoms with Crippen LogP contribution >= 0.6 is 0 Å². The third kappa shape index (κ3) is 3.60. The summed E-state index contributed by atoms with van der Waals surface area (Å²) in [4.78, 5) is 20.4. The molecule has 17 heavy (non-hydrogen) atoms. The lowest BCUT2D eigenvalue weighted by Crippen LogP contribution is -2.09. The van der Waals surface area contributed by atoms with E-state index in [2.05, 4.69) is 0 Å². The monoisotopic (exact) mass is 237 g/mol. The number of nitrogens with zero attached hydrogens (tertiary/aromatic N) is 1. The maximum atomic E-state index is 10.7. The zero-order chi connectivity index (χ0) is 12.8. The van der Waals surface area contributed by atoms with Gasteiger partial charge in [0.15, 0.2) is 6.61 Å². The molecule has 0 saturated heterocycles.